The Kier molecular flexibility index (Phi) is 6.58. The molecule has 0 aliphatic carbocycles. The first-order valence-corrected chi connectivity index (χ1v) is 11.2. The van der Waals surface area contributed by atoms with Crippen LogP contribution in [-0.2, 0) is 11.3 Å². The summed E-state index contributed by atoms with van der Waals surface area (Å²) in [6, 6.07) is 12.2. The van der Waals surface area contributed by atoms with Gasteiger partial charge >= 0.3 is 0 Å². The van der Waals surface area contributed by atoms with Crippen molar-refractivity contribution in [3.63, 3.8) is 0 Å². The average Bonchev–Trinajstić information content (AvgIpc) is 3.25. The van der Waals surface area contributed by atoms with E-state index in [9.17, 15) is 14.7 Å². The molecule has 0 bridgehead atoms. The molecule has 0 unspecified atom stereocenters. The van der Waals surface area contributed by atoms with Gasteiger partial charge in [0, 0.05) is 12.6 Å². The van der Waals surface area contributed by atoms with E-state index >= 15 is 0 Å². The molecule has 1 aliphatic rings. The quantitative estimate of drug-likeness (QED) is 0.561. The number of ether oxygens (including phenoxy) is 1. The summed E-state index contributed by atoms with van der Waals surface area (Å²) in [5.74, 6) is 5.20. The number of likely N-dealkylation sites (N-methyl/N-ethyl adjacent to an activating group) is 1. The van der Waals surface area contributed by atoms with E-state index in [4.69, 9.17) is 4.74 Å². The number of nitrogens with one attached hydrogen (secondary N) is 1. The zero-order valence-corrected chi connectivity index (χ0v) is 20.1. The van der Waals surface area contributed by atoms with Crippen LogP contribution >= 0.6 is 0 Å². The molecule has 0 spiro atoms. The lowest BCUT2D eigenvalue weighted by atomic mass is 10.1. The topological polar surface area (TPSA) is 110 Å². The number of hydrogen-bond donors (Lipinski definition) is 2. The second-order valence-corrected chi connectivity index (χ2v) is 8.92. The molecule has 9 nitrogen and oxygen atoms in total. The maximum Gasteiger partial charge on any atom is 0.291 e. The van der Waals surface area contributed by atoms with Crippen LogP contribution in [0.2, 0.25) is 0 Å². The third kappa shape index (κ3) is 5.67. The van der Waals surface area contributed by atoms with Gasteiger partial charge < -0.3 is 20.1 Å². The Labute approximate surface area is 203 Å². The van der Waals surface area contributed by atoms with Gasteiger partial charge in [-0.15, -0.1) is 5.10 Å². The molecule has 0 radical (unpaired) electrons. The lowest BCUT2D eigenvalue weighted by Crippen LogP contribution is -2.49. The van der Waals surface area contributed by atoms with E-state index in [1.807, 2.05) is 31.2 Å². The van der Waals surface area contributed by atoms with Crippen LogP contribution in [0.25, 0.3) is 0 Å². The molecule has 2 N–H and O–H groups in total. The Morgan fingerprint density at radius 1 is 1.29 bits per heavy atom. The second kappa shape index (κ2) is 9.60. The molecule has 1 atom stereocenters. The minimum Gasteiger partial charge on any atom is -0.489 e. The fraction of sp³-hybridized carbons (Fsp3) is 0.308. The van der Waals surface area contributed by atoms with Crippen LogP contribution in [-0.4, -0.2) is 57.0 Å². The third-order valence-corrected chi connectivity index (χ3v) is 5.51. The van der Waals surface area contributed by atoms with Gasteiger partial charge in [0.25, 0.3) is 11.8 Å². The van der Waals surface area contributed by atoms with Crippen LogP contribution in [0.1, 0.15) is 41.2 Å². The zero-order chi connectivity index (χ0) is 25.2. The number of benzene rings is 2. The van der Waals surface area contributed by atoms with Crippen LogP contribution in [0.4, 0.5) is 5.69 Å². The van der Waals surface area contributed by atoms with E-state index in [2.05, 4.69) is 27.2 Å². The highest BCUT2D eigenvalue weighted by molar-refractivity contribution is 6.02. The molecular weight excluding hydrogens is 446 g/mol. The molecule has 9 heteroatoms. The highest BCUT2D eigenvalue weighted by Gasteiger charge is 2.31. The average molecular weight is 474 g/mol. The minimum atomic E-state index is -1.14. The number of carbonyl (C=O) groups excluding carboxylic acids is 2. The van der Waals surface area contributed by atoms with Gasteiger partial charge in [-0.1, -0.05) is 36.1 Å². The van der Waals surface area contributed by atoms with Crippen LogP contribution in [0.5, 0.6) is 5.75 Å². The second-order valence-electron chi connectivity index (χ2n) is 8.92. The maximum absolute atomic E-state index is 13.1. The number of anilines is 1. The number of aliphatic hydroxyl groups is 1. The number of rotatable bonds is 4. The highest BCUT2D eigenvalue weighted by Crippen LogP contribution is 2.31. The van der Waals surface area contributed by atoms with E-state index < -0.39 is 17.6 Å². The first kappa shape index (κ1) is 24.0. The summed E-state index contributed by atoms with van der Waals surface area (Å²) in [5, 5.41) is 16.8. The Balaban J connectivity index is 1.46. The summed E-state index contributed by atoms with van der Waals surface area (Å²) in [6.07, 6.45) is 1.49. The smallest absolute Gasteiger partial charge is 0.291 e. The third-order valence-electron chi connectivity index (χ3n) is 5.51. The van der Waals surface area contributed by atoms with Crippen molar-refractivity contribution in [2.24, 2.45) is 0 Å². The Morgan fingerprint density at radius 3 is 2.80 bits per heavy atom. The highest BCUT2D eigenvalue weighted by atomic mass is 16.5. The molecule has 0 fully saturated rings. The molecule has 2 amide bonds. The van der Waals surface area contributed by atoms with Crippen LogP contribution in [0, 0.1) is 18.8 Å². The van der Waals surface area contributed by atoms with Crippen molar-refractivity contribution >= 4 is 17.5 Å². The van der Waals surface area contributed by atoms with Crippen molar-refractivity contribution in [2.45, 2.75) is 39.0 Å². The van der Waals surface area contributed by atoms with Crippen molar-refractivity contribution in [1.29, 1.82) is 0 Å². The van der Waals surface area contributed by atoms with Gasteiger partial charge in [-0.2, -0.15) is 0 Å². The Morgan fingerprint density at radius 2 is 2.06 bits per heavy atom. The molecule has 0 saturated carbocycles. The summed E-state index contributed by atoms with van der Waals surface area (Å²) >= 11 is 0. The predicted octanol–water partition coefficient (Wildman–Crippen LogP) is 1.91. The van der Waals surface area contributed by atoms with Gasteiger partial charge in [0.2, 0.25) is 5.82 Å². The number of fused-ring (bicyclic) bond motifs is 1. The number of amides is 2. The summed E-state index contributed by atoms with van der Waals surface area (Å²) in [7, 11) is 1.61. The van der Waals surface area contributed by atoms with Crippen LogP contribution < -0.4 is 15.0 Å². The summed E-state index contributed by atoms with van der Waals surface area (Å²) in [4.78, 5) is 31.4. The van der Waals surface area contributed by atoms with E-state index in [0.29, 0.717) is 23.5 Å². The number of hydrogen-bond acceptors (Lipinski definition) is 6. The van der Waals surface area contributed by atoms with Crippen molar-refractivity contribution in [1.82, 2.24) is 20.1 Å². The zero-order valence-electron chi connectivity index (χ0n) is 20.1. The normalized spacial score (nSPS) is 15.4. The minimum absolute atomic E-state index is 0.0278. The molecule has 1 aromatic heterocycles. The Bertz CT molecular complexity index is 1330. The van der Waals surface area contributed by atoms with Crippen molar-refractivity contribution in [3.8, 4) is 17.6 Å². The van der Waals surface area contributed by atoms with E-state index in [-0.39, 0.29) is 18.3 Å². The number of aromatic nitrogens is 3. The lowest BCUT2D eigenvalue weighted by Gasteiger charge is -2.20. The largest absolute Gasteiger partial charge is 0.489 e. The van der Waals surface area contributed by atoms with Gasteiger partial charge in [0.05, 0.1) is 12.2 Å². The molecule has 1 aliphatic heterocycles. The summed E-state index contributed by atoms with van der Waals surface area (Å²) in [5.41, 5.74) is 2.20. The first-order chi connectivity index (χ1) is 16.6. The number of carbonyl (C=O) groups is 2. The molecule has 35 heavy (non-hydrogen) atoms. The summed E-state index contributed by atoms with van der Waals surface area (Å²) in [6.45, 7) is 5.64. The molecule has 4 rings (SSSR count). The molecule has 0 saturated heterocycles. The monoisotopic (exact) mass is 473 g/mol. The van der Waals surface area contributed by atoms with Crippen molar-refractivity contribution < 1.29 is 19.4 Å². The number of nitrogens with zero attached hydrogens (tertiary/aromatic N) is 4. The Hall–Kier alpha value is -4.16. The number of aryl methyl sites for hydroxylation is 1. The predicted molar refractivity (Wildman–Crippen MR) is 130 cm³/mol. The van der Waals surface area contributed by atoms with E-state index in [1.165, 1.54) is 11.2 Å². The fourth-order valence-corrected chi connectivity index (χ4v) is 3.56. The van der Waals surface area contributed by atoms with Gasteiger partial charge in [0.15, 0.2) is 0 Å². The SMILES string of the molecule is Cc1ccccc1Cn1cnc(C(=O)N[C@H]2COc3ccc(C#CC(C)(C)O)cc3N(C)C2=O)n1. The van der Waals surface area contributed by atoms with Crippen LogP contribution in [0.3, 0.4) is 0 Å². The fourth-order valence-electron chi connectivity index (χ4n) is 3.56. The van der Waals surface area contributed by atoms with Crippen LogP contribution in [0.15, 0.2) is 48.8 Å². The molecule has 2 aromatic carbocycles. The maximum atomic E-state index is 13.1. The molecule has 180 valence electrons. The van der Waals surface area contributed by atoms with Crippen molar-refractivity contribution in [3.05, 3.63) is 71.3 Å². The first-order valence-electron chi connectivity index (χ1n) is 11.2. The molecular formula is C26H27N5O4. The molecule has 2 heterocycles. The summed E-state index contributed by atoms with van der Waals surface area (Å²) < 4.78 is 7.40. The molecule has 3 aromatic rings. The van der Waals surface area contributed by atoms with E-state index in [1.54, 1.807) is 43.8 Å². The van der Waals surface area contributed by atoms with Gasteiger partial charge in [-0.3, -0.25) is 9.59 Å². The van der Waals surface area contributed by atoms with Gasteiger partial charge in [0.1, 0.15) is 30.3 Å². The lowest BCUT2D eigenvalue weighted by molar-refractivity contribution is -0.120. The van der Waals surface area contributed by atoms with E-state index in [0.717, 1.165) is 11.1 Å². The van der Waals surface area contributed by atoms with Crippen molar-refractivity contribution in [2.75, 3.05) is 18.6 Å². The van der Waals surface area contributed by atoms with Gasteiger partial charge in [-0.05, 0) is 50.1 Å². The standard InChI is InChI=1S/C26H27N5O4/c1-17-7-5-6-8-19(17)14-31-16-27-23(29-31)24(32)28-20-15-35-22-10-9-18(11-12-26(2,3)34)13-21(22)30(4)25(20)33/h5-10,13,16,20,34H,14-15H2,1-4H3,(H,28,32)/t20-/m0/s1. The van der Waals surface area contributed by atoms with Gasteiger partial charge in [-0.25, -0.2) is 9.67 Å².